The highest BCUT2D eigenvalue weighted by atomic mass is 79.9. The maximum atomic E-state index is 3.64. The molecule has 0 aromatic heterocycles. The van der Waals surface area contributed by atoms with Gasteiger partial charge in [-0.3, -0.25) is 0 Å². The van der Waals surface area contributed by atoms with Crippen molar-refractivity contribution in [2.24, 2.45) is 0 Å². The van der Waals surface area contributed by atoms with E-state index in [1.54, 1.807) is 0 Å². The van der Waals surface area contributed by atoms with E-state index in [2.05, 4.69) is 21.2 Å². The summed E-state index contributed by atoms with van der Waals surface area (Å²) in [5.41, 5.74) is 0.519. The summed E-state index contributed by atoms with van der Waals surface area (Å²) >= 11 is 3.56. The molecular formula is C7H12BrN. The highest BCUT2D eigenvalue weighted by Gasteiger charge is 2.42. The molecule has 52 valence electrons. The van der Waals surface area contributed by atoms with Crippen molar-refractivity contribution in [1.82, 2.24) is 5.32 Å². The first-order valence-electron chi connectivity index (χ1n) is 3.68. The predicted octanol–water partition coefficient (Wildman–Crippen LogP) is 1.67. The third-order valence-electron chi connectivity index (χ3n) is 2.71. The van der Waals surface area contributed by atoms with Crippen LogP contribution in [0.2, 0.25) is 0 Å². The van der Waals surface area contributed by atoms with Gasteiger partial charge in [-0.05, 0) is 25.7 Å². The van der Waals surface area contributed by atoms with Gasteiger partial charge in [-0.2, -0.15) is 0 Å². The molecule has 2 rings (SSSR count). The fourth-order valence-electron chi connectivity index (χ4n) is 2.06. The minimum absolute atomic E-state index is 0.519. The Balaban J connectivity index is 2.13. The van der Waals surface area contributed by atoms with Crippen LogP contribution in [-0.4, -0.2) is 16.9 Å². The molecule has 0 aliphatic carbocycles. The van der Waals surface area contributed by atoms with E-state index in [1.165, 1.54) is 25.7 Å². The number of halogens is 1. The molecule has 0 aromatic rings. The van der Waals surface area contributed by atoms with Crippen LogP contribution in [0.3, 0.4) is 0 Å². The van der Waals surface area contributed by atoms with Gasteiger partial charge in [0.2, 0.25) is 0 Å². The number of fused-ring (bicyclic) bond motifs is 2. The summed E-state index contributed by atoms with van der Waals surface area (Å²) in [4.78, 5) is 0. The molecule has 0 spiro atoms. The van der Waals surface area contributed by atoms with Gasteiger partial charge in [0.25, 0.3) is 0 Å². The third-order valence-corrected chi connectivity index (χ3v) is 3.78. The summed E-state index contributed by atoms with van der Waals surface area (Å²) in [5.74, 6) is 0. The van der Waals surface area contributed by atoms with Crippen molar-refractivity contribution < 1.29 is 0 Å². The number of rotatable bonds is 1. The predicted molar refractivity (Wildman–Crippen MR) is 41.9 cm³/mol. The quantitative estimate of drug-likeness (QED) is 0.620. The van der Waals surface area contributed by atoms with Crippen LogP contribution in [0.5, 0.6) is 0 Å². The van der Waals surface area contributed by atoms with E-state index in [1.807, 2.05) is 0 Å². The Bertz CT molecular complexity index is 116. The molecule has 2 heteroatoms. The van der Waals surface area contributed by atoms with E-state index >= 15 is 0 Å². The molecule has 2 aliphatic rings. The summed E-state index contributed by atoms with van der Waals surface area (Å²) in [7, 11) is 0. The van der Waals surface area contributed by atoms with E-state index in [-0.39, 0.29) is 0 Å². The first-order chi connectivity index (χ1) is 4.35. The zero-order valence-corrected chi connectivity index (χ0v) is 7.08. The first-order valence-corrected chi connectivity index (χ1v) is 4.80. The van der Waals surface area contributed by atoms with Gasteiger partial charge < -0.3 is 5.32 Å². The number of alkyl halides is 1. The molecule has 0 atom stereocenters. The zero-order chi connectivity index (χ0) is 6.32. The number of hydrogen-bond donors (Lipinski definition) is 1. The summed E-state index contributed by atoms with van der Waals surface area (Å²) < 4.78 is 0. The van der Waals surface area contributed by atoms with Gasteiger partial charge in [-0.1, -0.05) is 15.9 Å². The van der Waals surface area contributed by atoms with Gasteiger partial charge in [0.05, 0.1) is 0 Å². The second-order valence-corrected chi connectivity index (χ2v) is 3.89. The molecule has 0 radical (unpaired) electrons. The molecule has 2 bridgehead atoms. The largest absolute Gasteiger partial charge is 0.308 e. The topological polar surface area (TPSA) is 12.0 Å². The van der Waals surface area contributed by atoms with Gasteiger partial charge in [0.1, 0.15) is 0 Å². The van der Waals surface area contributed by atoms with Crippen molar-refractivity contribution in [2.45, 2.75) is 37.3 Å². The lowest BCUT2D eigenvalue weighted by atomic mass is 9.90. The molecule has 0 unspecified atom stereocenters. The van der Waals surface area contributed by atoms with Gasteiger partial charge in [0, 0.05) is 16.9 Å². The van der Waals surface area contributed by atoms with Crippen molar-refractivity contribution in [3.63, 3.8) is 0 Å². The van der Waals surface area contributed by atoms with Gasteiger partial charge in [0.15, 0.2) is 0 Å². The molecule has 2 saturated heterocycles. The van der Waals surface area contributed by atoms with Crippen LogP contribution in [-0.2, 0) is 0 Å². The molecule has 2 aliphatic heterocycles. The molecule has 2 heterocycles. The lowest BCUT2D eigenvalue weighted by molar-refractivity contribution is 0.437. The van der Waals surface area contributed by atoms with Crippen LogP contribution in [0.4, 0.5) is 0 Å². The van der Waals surface area contributed by atoms with E-state index < -0.39 is 0 Å². The average Bonchev–Trinajstić information content (AvgIpc) is 2.46. The molecule has 0 aromatic carbocycles. The molecular weight excluding hydrogens is 178 g/mol. The number of nitrogens with one attached hydrogen (secondary N) is 1. The van der Waals surface area contributed by atoms with Crippen molar-refractivity contribution in [2.75, 3.05) is 5.33 Å². The monoisotopic (exact) mass is 189 g/mol. The third kappa shape index (κ3) is 0.838. The smallest absolute Gasteiger partial charge is 0.0281 e. The van der Waals surface area contributed by atoms with E-state index in [9.17, 15) is 0 Å². The summed E-state index contributed by atoms with van der Waals surface area (Å²) in [5, 5.41) is 4.79. The minimum Gasteiger partial charge on any atom is -0.308 e. The van der Waals surface area contributed by atoms with Gasteiger partial charge in [-0.25, -0.2) is 0 Å². The summed E-state index contributed by atoms with van der Waals surface area (Å²) in [6.07, 6.45) is 5.60. The molecule has 1 nitrogen and oxygen atoms in total. The van der Waals surface area contributed by atoms with E-state index in [4.69, 9.17) is 0 Å². The maximum absolute atomic E-state index is 3.64. The lowest BCUT2D eigenvalue weighted by Gasteiger charge is -2.22. The number of hydrogen-bond acceptors (Lipinski definition) is 1. The Hall–Kier alpha value is 0.440. The SMILES string of the molecule is BrCC12CCC(CC1)N2. The lowest BCUT2D eigenvalue weighted by Crippen LogP contribution is -2.37. The van der Waals surface area contributed by atoms with Crippen molar-refractivity contribution in [3.05, 3.63) is 0 Å². The Kier molecular flexibility index (Phi) is 1.34. The molecule has 0 amide bonds. The fraction of sp³-hybridized carbons (Fsp3) is 1.00. The van der Waals surface area contributed by atoms with Crippen molar-refractivity contribution in [1.29, 1.82) is 0 Å². The molecule has 2 fully saturated rings. The summed E-state index contributed by atoms with van der Waals surface area (Å²) in [6, 6.07) is 0.863. The zero-order valence-electron chi connectivity index (χ0n) is 5.49. The van der Waals surface area contributed by atoms with Crippen LogP contribution in [0.15, 0.2) is 0 Å². The van der Waals surface area contributed by atoms with Gasteiger partial charge in [-0.15, -0.1) is 0 Å². The molecule has 1 N–H and O–H groups in total. The Morgan fingerprint density at radius 1 is 1.44 bits per heavy atom. The highest BCUT2D eigenvalue weighted by Crippen LogP contribution is 2.38. The van der Waals surface area contributed by atoms with Crippen LogP contribution in [0, 0.1) is 0 Å². The van der Waals surface area contributed by atoms with Crippen LogP contribution in [0.25, 0.3) is 0 Å². The standard InChI is InChI=1S/C7H12BrN/c8-5-7-3-1-6(9-7)2-4-7/h6,9H,1-5H2. The van der Waals surface area contributed by atoms with Crippen molar-refractivity contribution in [3.8, 4) is 0 Å². The van der Waals surface area contributed by atoms with Crippen LogP contribution in [0.1, 0.15) is 25.7 Å². The molecule has 9 heavy (non-hydrogen) atoms. The first kappa shape index (κ1) is 6.17. The second-order valence-electron chi connectivity index (χ2n) is 3.33. The fourth-order valence-corrected chi connectivity index (χ4v) is 2.79. The van der Waals surface area contributed by atoms with E-state index in [0.717, 1.165) is 11.4 Å². The normalized spacial score (nSPS) is 48.3. The summed E-state index contributed by atoms with van der Waals surface area (Å²) in [6.45, 7) is 0. The second kappa shape index (κ2) is 1.96. The van der Waals surface area contributed by atoms with E-state index in [0.29, 0.717) is 5.54 Å². The Labute approximate surface area is 64.3 Å². The Morgan fingerprint density at radius 2 is 2.11 bits per heavy atom. The Morgan fingerprint density at radius 3 is 2.33 bits per heavy atom. The highest BCUT2D eigenvalue weighted by molar-refractivity contribution is 9.09. The maximum Gasteiger partial charge on any atom is 0.0281 e. The van der Waals surface area contributed by atoms with Crippen molar-refractivity contribution >= 4 is 15.9 Å². The average molecular weight is 190 g/mol. The minimum atomic E-state index is 0.519. The van der Waals surface area contributed by atoms with Crippen LogP contribution >= 0.6 is 15.9 Å². The van der Waals surface area contributed by atoms with Gasteiger partial charge >= 0.3 is 0 Å². The van der Waals surface area contributed by atoms with Crippen LogP contribution < -0.4 is 5.32 Å². The molecule has 0 saturated carbocycles.